The lowest BCUT2D eigenvalue weighted by Gasteiger charge is -2.18. The Kier molecular flexibility index (Phi) is 11.0. The zero-order valence-corrected chi connectivity index (χ0v) is 28.4. The Bertz CT molecular complexity index is 2200. The van der Waals surface area contributed by atoms with Gasteiger partial charge in [-0.05, 0) is 88.6 Å². The van der Waals surface area contributed by atoms with Crippen molar-refractivity contribution in [3.05, 3.63) is 174 Å². The van der Waals surface area contributed by atoms with Crippen molar-refractivity contribution in [2.45, 2.75) is 17.1 Å². The van der Waals surface area contributed by atoms with Gasteiger partial charge in [0.1, 0.15) is 10.9 Å². The summed E-state index contributed by atoms with van der Waals surface area (Å²) in [4.78, 5) is 52.7. The SMILES string of the molecule is CC(=O)Nc1ccc(NC(=O)C(Sc2ccc(NC(=O)/C(=C/c3cccc4ccccc34)NC(=O)c3ccccc3)cc2)c2ccccc2)cc1. The van der Waals surface area contributed by atoms with Crippen molar-refractivity contribution in [1.82, 2.24) is 5.32 Å². The number of amides is 4. The van der Waals surface area contributed by atoms with Crippen LogP contribution in [0.1, 0.15) is 33.7 Å². The van der Waals surface area contributed by atoms with Gasteiger partial charge in [-0.3, -0.25) is 19.2 Å². The minimum atomic E-state index is -0.579. The fourth-order valence-electron chi connectivity index (χ4n) is 5.37. The van der Waals surface area contributed by atoms with Gasteiger partial charge in [0.15, 0.2) is 0 Å². The van der Waals surface area contributed by atoms with Crippen LogP contribution in [-0.2, 0) is 14.4 Å². The molecular formula is C42H34N4O4S. The smallest absolute Gasteiger partial charge is 0.272 e. The molecule has 0 aromatic heterocycles. The van der Waals surface area contributed by atoms with Gasteiger partial charge in [0.25, 0.3) is 11.8 Å². The van der Waals surface area contributed by atoms with Crippen molar-refractivity contribution >= 4 is 69.3 Å². The van der Waals surface area contributed by atoms with E-state index >= 15 is 0 Å². The Balaban J connectivity index is 1.20. The second-order valence-electron chi connectivity index (χ2n) is 11.6. The van der Waals surface area contributed by atoms with Crippen molar-refractivity contribution in [1.29, 1.82) is 0 Å². The van der Waals surface area contributed by atoms with E-state index in [1.165, 1.54) is 18.7 Å². The molecule has 51 heavy (non-hydrogen) atoms. The molecule has 0 fully saturated rings. The molecule has 0 aliphatic carbocycles. The number of benzene rings is 6. The first-order valence-electron chi connectivity index (χ1n) is 16.2. The van der Waals surface area contributed by atoms with Crippen LogP contribution in [0.15, 0.2) is 162 Å². The van der Waals surface area contributed by atoms with E-state index in [2.05, 4.69) is 21.3 Å². The molecule has 252 valence electrons. The minimum absolute atomic E-state index is 0.0876. The Morgan fingerprint density at radius 1 is 0.588 bits per heavy atom. The average Bonchev–Trinajstić information content (AvgIpc) is 3.15. The van der Waals surface area contributed by atoms with Gasteiger partial charge in [-0.25, -0.2) is 0 Å². The molecule has 6 aromatic rings. The quantitative estimate of drug-likeness (QED) is 0.0802. The molecule has 9 heteroatoms. The Morgan fingerprint density at radius 2 is 1.16 bits per heavy atom. The van der Waals surface area contributed by atoms with E-state index in [1.807, 2.05) is 91.0 Å². The second-order valence-corrected chi connectivity index (χ2v) is 12.8. The third-order valence-corrected chi connectivity index (χ3v) is 9.10. The zero-order valence-electron chi connectivity index (χ0n) is 27.6. The second kappa shape index (κ2) is 16.3. The molecule has 6 aromatic carbocycles. The van der Waals surface area contributed by atoms with Gasteiger partial charge in [-0.15, -0.1) is 11.8 Å². The first-order chi connectivity index (χ1) is 24.8. The van der Waals surface area contributed by atoms with Crippen LogP contribution in [0.25, 0.3) is 16.8 Å². The number of fused-ring (bicyclic) bond motifs is 1. The van der Waals surface area contributed by atoms with Crippen molar-refractivity contribution in [3.8, 4) is 0 Å². The van der Waals surface area contributed by atoms with Crippen LogP contribution in [0.2, 0.25) is 0 Å². The highest BCUT2D eigenvalue weighted by molar-refractivity contribution is 8.00. The van der Waals surface area contributed by atoms with Gasteiger partial charge in [0, 0.05) is 34.4 Å². The standard InChI is InChI=1S/C42H34N4O4S/c1-28(47)43-33-19-21-34(22-20-33)45-42(50)39(30-12-4-2-5-13-30)51-36-25-23-35(24-26-36)44-41(49)38(46-40(48)31-14-6-3-7-15-31)27-32-17-10-16-29-11-8-9-18-37(29)32/h2-27,39H,1H3,(H,43,47)(H,44,49)(H,45,50)(H,46,48)/b38-27-. The molecule has 0 spiro atoms. The molecule has 8 nitrogen and oxygen atoms in total. The van der Waals surface area contributed by atoms with Crippen LogP contribution in [0.4, 0.5) is 17.1 Å². The molecule has 4 amide bonds. The molecule has 0 saturated heterocycles. The normalized spacial score (nSPS) is 11.7. The van der Waals surface area contributed by atoms with E-state index in [0.717, 1.165) is 26.8 Å². The van der Waals surface area contributed by atoms with Crippen LogP contribution in [0, 0.1) is 0 Å². The number of carbonyl (C=O) groups is 4. The predicted octanol–water partition coefficient (Wildman–Crippen LogP) is 8.68. The lowest BCUT2D eigenvalue weighted by Crippen LogP contribution is -2.30. The molecule has 1 atom stereocenters. The maximum atomic E-state index is 13.7. The van der Waals surface area contributed by atoms with E-state index in [-0.39, 0.29) is 17.5 Å². The molecule has 6 rings (SSSR count). The highest BCUT2D eigenvalue weighted by Gasteiger charge is 2.23. The molecule has 0 aliphatic heterocycles. The molecule has 1 unspecified atom stereocenters. The zero-order chi connectivity index (χ0) is 35.6. The summed E-state index contributed by atoms with van der Waals surface area (Å²) in [5.74, 6) is -1.28. The van der Waals surface area contributed by atoms with E-state index in [9.17, 15) is 19.2 Å². The van der Waals surface area contributed by atoms with Gasteiger partial charge in [-0.2, -0.15) is 0 Å². The summed E-state index contributed by atoms with van der Waals surface area (Å²) in [5, 5.41) is 12.8. The third kappa shape index (κ3) is 9.17. The summed E-state index contributed by atoms with van der Waals surface area (Å²) < 4.78 is 0. The van der Waals surface area contributed by atoms with Crippen LogP contribution in [-0.4, -0.2) is 23.6 Å². The summed E-state index contributed by atoms with van der Waals surface area (Å²) in [5.41, 5.74) is 3.87. The molecule has 0 saturated carbocycles. The molecular weight excluding hydrogens is 657 g/mol. The van der Waals surface area contributed by atoms with Crippen molar-refractivity contribution < 1.29 is 19.2 Å². The fraction of sp³-hybridized carbons (Fsp3) is 0.0476. The third-order valence-electron chi connectivity index (χ3n) is 7.83. The number of rotatable bonds is 11. The van der Waals surface area contributed by atoms with Crippen LogP contribution >= 0.6 is 11.8 Å². The number of anilines is 3. The first kappa shape index (κ1) is 34.4. The molecule has 4 N–H and O–H groups in total. The van der Waals surface area contributed by atoms with Crippen molar-refractivity contribution in [2.24, 2.45) is 0 Å². The van der Waals surface area contributed by atoms with Gasteiger partial charge in [0.2, 0.25) is 11.8 Å². The number of hydrogen-bond acceptors (Lipinski definition) is 5. The Hall–Kier alpha value is -6.45. The number of nitrogens with one attached hydrogen (secondary N) is 4. The van der Waals surface area contributed by atoms with E-state index in [0.29, 0.717) is 22.6 Å². The topological polar surface area (TPSA) is 116 Å². The number of hydrogen-bond donors (Lipinski definition) is 4. The lowest BCUT2D eigenvalue weighted by molar-refractivity contribution is -0.116. The van der Waals surface area contributed by atoms with Crippen LogP contribution < -0.4 is 21.3 Å². The summed E-state index contributed by atoms with van der Waals surface area (Å²) in [6, 6.07) is 46.0. The van der Waals surface area contributed by atoms with Crippen molar-refractivity contribution in [3.63, 3.8) is 0 Å². The Labute approximate surface area is 300 Å². The highest BCUT2D eigenvalue weighted by Crippen LogP contribution is 2.37. The molecule has 0 aliphatic rings. The largest absolute Gasteiger partial charge is 0.326 e. The maximum Gasteiger partial charge on any atom is 0.272 e. The van der Waals surface area contributed by atoms with Gasteiger partial charge in [-0.1, -0.05) is 91.0 Å². The predicted molar refractivity (Wildman–Crippen MR) is 205 cm³/mol. The van der Waals surface area contributed by atoms with Gasteiger partial charge < -0.3 is 21.3 Å². The average molecular weight is 691 g/mol. The molecule has 0 heterocycles. The fourth-order valence-corrected chi connectivity index (χ4v) is 6.40. The number of thioether (sulfide) groups is 1. The van der Waals surface area contributed by atoms with Crippen LogP contribution in [0.5, 0.6) is 0 Å². The summed E-state index contributed by atoms with van der Waals surface area (Å²) in [6.07, 6.45) is 1.68. The highest BCUT2D eigenvalue weighted by atomic mass is 32.2. The van der Waals surface area contributed by atoms with E-state index in [4.69, 9.17) is 0 Å². The maximum absolute atomic E-state index is 13.7. The van der Waals surface area contributed by atoms with Crippen molar-refractivity contribution in [2.75, 3.05) is 16.0 Å². The van der Waals surface area contributed by atoms with Crippen LogP contribution in [0.3, 0.4) is 0 Å². The summed E-state index contributed by atoms with van der Waals surface area (Å²) in [7, 11) is 0. The van der Waals surface area contributed by atoms with Gasteiger partial charge in [0.05, 0.1) is 0 Å². The monoisotopic (exact) mass is 690 g/mol. The summed E-state index contributed by atoms with van der Waals surface area (Å²) >= 11 is 1.37. The first-order valence-corrected chi connectivity index (χ1v) is 17.1. The Morgan fingerprint density at radius 3 is 1.84 bits per heavy atom. The lowest BCUT2D eigenvalue weighted by atomic mass is 10.0. The summed E-state index contributed by atoms with van der Waals surface area (Å²) in [6.45, 7) is 1.44. The molecule has 0 bridgehead atoms. The minimum Gasteiger partial charge on any atom is -0.326 e. The van der Waals surface area contributed by atoms with E-state index in [1.54, 1.807) is 66.7 Å². The van der Waals surface area contributed by atoms with E-state index < -0.39 is 17.1 Å². The van der Waals surface area contributed by atoms with Gasteiger partial charge >= 0.3 is 0 Å². The number of carbonyl (C=O) groups excluding carboxylic acids is 4. The molecule has 0 radical (unpaired) electrons.